The van der Waals surface area contributed by atoms with Gasteiger partial charge in [0.1, 0.15) is 0 Å². The van der Waals surface area contributed by atoms with E-state index in [1.807, 2.05) is 13.8 Å². The fraction of sp³-hybridized carbons (Fsp3) is 0.500. The molecule has 0 saturated heterocycles. The molecule has 0 aliphatic heterocycles. The van der Waals surface area contributed by atoms with E-state index in [0.717, 1.165) is 4.47 Å². The summed E-state index contributed by atoms with van der Waals surface area (Å²) in [5.41, 5.74) is 1.46. The third-order valence-electron chi connectivity index (χ3n) is 2.46. The Kier molecular flexibility index (Phi) is 5.55. The molecular formula is C12H17BrN2O3. The summed E-state index contributed by atoms with van der Waals surface area (Å²) in [5, 5.41) is 14.1. The summed E-state index contributed by atoms with van der Waals surface area (Å²) in [6.07, 6.45) is 0. The quantitative estimate of drug-likeness (QED) is 0.644. The summed E-state index contributed by atoms with van der Waals surface area (Å²) in [6.45, 7) is 6.83. The van der Waals surface area contributed by atoms with Gasteiger partial charge < -0.3 is 10.1 Å². The van der Waals surface area contributed by atoms with E-state index in [1.54, 1.807) is 19.1 Å². The number of nitro benzene ring substituents is 1. The largest absolute Gasteiger partial charge is 0.380 e. The molecule has 0 amide bonds. The minimum Gasteiger partial charge on any atom is -0.380 e. The van der Waals surface area contributed by atoms with Crippen LogP contribution < -0.4 is 5.32 Å². The summed E-state index contributed by atoms with van der Waals surface area (Å²) in [7, 11) is 0. The molecule has 100 valence electrons. The number of benzene rings is 1. The third kappa shape index (κ3) is 3.96. The number of ether oxygens (including phenoxy) is 1. The van der Waals surface area contributed by atoms with Gasteiger partial charge in [-0.05, 0) is 42.8 Å². The molecular weight excluding hydrogens is 300 g/mol. The molecule has 6 heteroatoms. The van der Waals surface area contributed by atoms with E-state index < -0.39 is 0 Å². The standard InChI is InChI=1S/C12H17BrN2O3/c1-4-18-7-9(3)14-11-6-12(15(16)17)8(2)5-10(11)13/h5-6,9,14H,4,7H2,1-3H3. The normalized spacial score (nSPS) is 12.2. The van der Waals surface area contributed by atoms with Crippen LogP contribution in [0.1, 0.15) is 19.4 Å². The van der Waals surface area contributed by atoms with Gasteiger partial charge in [-0.3, -0.25) is 10.1 Å². The Balaban J connectivity index is 2.88. The molecule has 0 spiro atoms. The molecule has 0 fully saturated rings. The van der Waals surface area contributed by atoms with Crippen molar-refractivity contribution in [2.24, 2.45) is 0 Å². The second-order valence-electron chi connectivity index (χ2n) is 4.08. The van der Waals surface area contributed by atoms with Gasteiger partial charge in [-0.1, -0.05) is 0 Å². The Morgan fingerprint density at radius 3 is 2.78 bits per heavy atom. The molecule has 18 heavy (non-hydrogen) atoms. The molecule has 1 atom stereocenters. The van der Waals surface area contributed by atoms with E-state index in [-0.39, 0.29) is 16.7 Å². The van der Waals surface area contributed by atoms with Crippen molar-refractivity contribution in [2.75, 3.05) is 18.5 Å². The zero-order chi connectivity index (χ0) is 13.7. The Hall–Kier alpha value is -1.14. The van der Waals surface area contributed by atoms with Crippen molar-refractivity contribution in [3.05, 3.63) is 32.3 Å². The van der Waals surface area contributed by atoms with Crippen LogP contribution in [-0.2, 0) is 4.74 Å². The molecule has 0 bridgehead atoms. The Labute approximate surface area is 115 Å². The van der Waals surface area contributed by atoms with Gasteiger partial charge in [-0.25, -0.2) is 0 Å². The van der Waals surface area contributed by atoms with Gasteiger partial charge in [0.15, 0.2) is 0 Å². The first kappa shape index (κ1) is 14.9. The third-order valence-corrected chi connectivity index (χ3v) is 3.11. The van der Waals surface area contributed by atoms with Crippen LogP contribution in [0.5, 0.6) is 0 Å². The fourth-order valence-corrected chi connectivity index (χ4v) is 2.14. The molecule has 1 N–H and O–H groups in total. The van der Waals surface area contributed by atoms with Crippen molar-refractivity contribution in [1.29, 1.82) is 0 Å². The molecule has 1 rings (SSSR count). The first-order valence-corrected chi connectivity index (χ1v) is 6.53. The molecule has 1 aromatic carbocycles. The lowest BCUT2D eigenvalue weighted by molar-refractivity contribution is -0.385. The second kappa shape index (κ2) is 6.70. The maximum absolute atomic E-state index is 10.9. The van der Waals surface area contributed by atoms with Gasteiger partial charge in [0, 0.05) is 28.8 Å². The van der Waals surface area contributed by atoms with Crippen LogP contribution in [0.25, 0.3) is 0 Å². The summed E-state index contributed by atoms with van der Waals surface area (Å²) < 4.78 is 6.11. The van der Waals surface area contributed by atoms with E-state index in [2.05, 4.69) is 21.2 Å². The zero-order valence-electron chi connectivity index (χ0n) is 10.7. The lowest BCUT2D eigenvalue weighted by atomic mass is 10.1. The SMILES string of the molecule is CCOCC(C)Nc1cc([N+](=O)[O-])c(C)cc1Br. The van der Waals surface area contributed by atoms with E-state index in [0.29, 0.717) is 24.5 Å². The number of nitro groups is 1. The van der Waals surface area contributed by atoms with Crippen molar-refractivity contribution >= 4 is 27.3 Å². The number of hydrogen-bond acceptors (Lipinski definition) is 4. The summed E-state index contributed by atoms with van der Waals surface area (Å²) >= 11 is 3.40. The van der Waals surface area contributed by atoms with Crippen LogP contribution in [0.15, 0.2) is 16.6 Å². The van der Waals surface area contributed by atoms with Crippen molar-refractivity contribution in [3.8, 4) is 0 Å². The van der Waals surface area contributed by atoms with Gasteiger partial charge in [-0.2, -0.15) is 0 Å². The van der Waals surface area contributed by atoms with Gasteiger partial charge in [0.05, 0.1) is 17.2 Å². The first-order chi connectivity index (χ1) is 8.45. The molecule has 1 unspecified atom stereocenters. The molecule has 0 aliphatic rings. The number of halogens is 1. The van der Waals surface area contributed by atoms with Gasteiger partial charge in [0.25, 0.3) is 5.69 Å². The number of aryl methyl sites for hydroxylation is 1. The fourth-order valence-electron chi connectivity index (χ4n) is 1.57. The van der Waals surface area contributed by atoms with Crippen molar-refractivity contribution < 1.29 is 9.66 Å². The van der Waals surface area contributed by atoms with Gasteiger partial charge in [0.2, 0.25) is 0 Å². The van der Waals surface area contributed by atoms with Crippen LogP contribution >= 0.6 is 15.9 Å². The average Bonchev–Trinajstić information content (AvgIpc) is 2.29. The molecule has 0 saturated carbocycles. The number of hydrogen-bond donors (Lipinski definition) is 1. The van der Waals surface area contributed by atoms with Gasteiger partial charge in [-0.15, -0.1) is 0 Å². The Morgan fingerprint density at radius 2 is 2.22 bits per heavy atom. The smallest absolute Gasteiger partial charge is 0.274 e. The summed E-state index contributed by atoms with van der Waals surface area (Å²) in [6, 6.07) is 3.37. The number of nitrogens with zero attached hydrogens (tertiary/aromatic N) is 1. The van der Waals surface area contributed by atoms with Crippen LogP contribution in [0.2, 0.25) is 0 Å². The van der Waals surface area contributed by atoms with E-state index in [4.69, 9.17) is 4.74 Å². The Morgan fingerprint density at radius 1 is 1.56 bits per heavy atom. The molecule has 0 radical (unpaired) electrons. The summed E-state index contributed by atoms with van der Waals surface area (Å²) in [5.74, 6) is 0. The highest BCUT2D eigenvalue weighted by Crippen LogP contribution is 2.31. The van der Waals surface area contributed by atoms with E-state index in [1.165, 1.54) is 0 Å². The predicted molar refractivity (Wildman–Crippen MR) is 75.1 cm³/mol. The highest BCUT2D eigenvalue weighted by Gasteiger charge is 2.15. The van der Waals surface area contributed by atoms with E-state index >= 15 is 0 Å². The van der Waals surface area contributed by atoms with Crippen LogP contribution in [-0.4, -0.2) is 24.2 Å². The van der Waals surface area contributed by atoms with E-state index in [9.17, 15) is 10.1 Å². The van der Waals surface area contributed by atoms with Crippen molar-refractivity contribution in [3.63, 3.8) is 0 Å². The molecule has 1 aromatic rings. The molecule has 5 nitrogen and oxygen atoms in total. The molecule has 0 aromatic heterocycles. The minimum atomic E-state index is -0.375. The first-order valence-electron chi connectivity index (χ1n) is 5.74. The van der Waals surface area contributed by atoms with Crippen LogP contribution in [0, 0.1) is 17.0 Å². The van der Waals surface area contributed by atoms with Crippen LogP contribution in [0.4, 0.5) is 11.4 Å². The average molecular weight is 317 g/mol. The molecule has 0 aliphatic carbocycles. The second-order valence-corrected chi connectivity index (χ2v) is 4.93. The molecule has 0 heterocycles. The van der Waals surface area contributed by atoms with Crippen molar-refractivity contribution in [2.45, 2.75) is 26.8 Å². The lowest BCUT2D eigenvalue weighted by Gasteiger charge is -2.16. The maximum Gasteiger partial charge on any atom is 0.274 e. The number of nitrogens with one attached hydrogen (secondary N) is 1. The monoisotopic (exact) mass is 316 g/mol. The maximum atomic E-state index is 10.9. The summed E-state index contributed by atoms with van der Waals surface area (Å²) in [4.78, 5) is 10.5. The minimum absolute atomic E-state index is 0.0866. The van der Waals surface area contributed by atoms with Gasteiger partial charge >= 0.3 is 0 Å². The van der Waals surface area contributed by atoms with Crippen LogP contribution in [0.3, 0.4) is 0 Å². The number of anilines is 1. The Bertz CT molecular complexity index is 438. The topological polar surface area (TPSA) is 64.4 Å². The number of rotatable bonds is 6. The highest BCUT2D eigenvalue weighted by atomic mass is 79.9. The lowest BCUT2D eigenvalue weighted by Crippen LogP contribution is -2.22. The zero-order valence-corrected chi connectivity index (χ0v) is 12.3. The van der Waals surface area contributed by atoms with Crippen molar-refractivity contribution in [1.82, 2.24) is 0 Å². The predicted octanol–water partition coefficient (Wildman–Crippen LogP) is 3.50. The highest BCUT2D eigenvalue weighted by molar-refractivity contribution is 9.10.